The van der Waals surface area contributed by atoms with Gasteiger partial charge in [-0.2, -0.15) is 0 Å². The minimum Gasteiger partial charge on any atom is -0.335 e. The molecule has 4 heteroatoms. The van der Waals surface area contributed by atoms with E-state index in [9.17, 15) is 0 Å². The Bertz CT molecular complexity index is 436. The number of aliphatic imine (C=N–C) groups is 1. The molecule has 1 N–H and O–H groups in total. The number of rotatable bonds is 4. The third kappa shape index (κ3) is 3.69. The zero-order valence-electron chi connectivity index (χ0n) is 11.9. The second-order valence-electron chi connectivity index (χ2n) is 4.97. The van der Waals surface area contributed by atoms with E-state index in [1.54, 1.807) is 11.8 Å². The van der Waals surface area contributed by atoms with Gasteiger partial charge in [-0.15, -0.1) is 11.8 Å². The van der Waals surface area contributed by atoms with Gasteiger partial charge in [-0.3, -0.25) is 4.99 Å². The zero-order valence-corrected chi connectivity index (χ0v) is 13.5. The molecule has 104 valence electrons. The number of hydrogen-bond acceptors (Lipinski definition) is 4. The Morgan fingerprint density at radius 1 is 1.26 bits per heavy atom. The Balaban J connectivity index is 1.98. The van der Waals surface area contributed by atoms with Crippen molar-refractivity contribution in [1.29, 1.82) is 0 Å². The summed E-state index contributed by atoms with van der Waals surface area (Å²) in [5.41, 5.74) is 1.54. The van der Waals surface area contributed by atoms with Gasteiger partial charge in [-0.05, 0) is 48.8 Å². The number of nitrogens with one attached hydrogen (secondary N) is 1. The first-order valence-electron chi connectivity index (χ1n) is 6.79. The average Bonchev–Trinajstić information content (AvgIpc) is 2.49. The lowest BCUT2D eigenvalue weighted by atomic mass is 9.84. The molecule has 1 aliphatic heterocycles. The average molecular weight is 294 g/mol. The zero-order chi connectivity index (χ0) is 13.7. The molecule has 1 aliphatic rings. The molecule has 0 atom stereocenters. The smallest absolute Gasteiger partial charge is 0.161 e. The molecule has 2 rings (SSSR count). The van der Waals surface area contributed by atoms with E-state index in [0.29, 0.717) is 5.41 Å². The standard InChI is InChI=1S/C15H22N2S2/c1-4-15(5-2)10-16-14(19-11-15)17-12-6-8-13(18-3)9-7-12/h6-9H,4-5,10-11H2,1-3H3,(H,16,17). The van der Waals surface area contributed by atoms with E-state index >= 15 is 0 Å². The molecule has 0 saturated carbocycles. The Hall–Kier alpha value is -0.610. The summed E-state index contributed by atoms with van der Waals surface area (Å²) in [5, 5.41) is 4.49. The van der Waals surface area contributed by atoms with Gasteiger partial charge in [0.15, 0.2) is 5.17 Å². The molecule has 1 aromatic carbocycles. The van der Waals surface area contributed by atoms with Crippen molar-refractivity contribution in [3.63, 3.8) is 0 Å². The molecular weight excluding hydrogens is 272 g/mol. The minimum atomic E-state index is 0.415. The molecule has 0 aliphatic carbocycles. The Kier molecular flexibility index (Phi) is 5.22. The van der Waals surface area contributed by atoms with Gasteiger partial charge in [0, 0.05) is 22.9 Å². The fraction of sp³-hybridized carbons (Fsp3) is 0.533. The lowest BCUT2D eigenvalue weighted by Crippen LogP contribution is -2.32. The van der Waals surface area contributed by atoms with Crippen LogP contribution in [0.2, 0.25) is 0 Å². The van der Waals surface area contributed by atoms with Gasteiger partial charge in [0.1, 0.15) is 0 Å². The van der Waals surface area contributed by atoms with Crippen LogP contribution in [0, 0.1) is 5.41 Å². The number of amidine groups is 1. The molecule has 0 radical (unpaired) electrons. The Morgan fingerprint density at radius 3 is 2.42 bits per heavy atom. The van der Waals surface area contributed by atoms with Gasteiger partial charge in [0.2, 0.25) is 0 Å². The molecule has 0 saturated heterocycles. The maximum absolute atomic E-state index is 4.73. The largest absolute Gasteiger partial charge is 0.335 e. The first-order valence-corrected chi connectivity index (χ1v) is 9.01. The number of nitrogens with zero attached hydrogens (tertiary/aromatic N) is 1. The van der Waals surface area contributed by atoms with Crippen LogP contribution in [0.15, 0.2) is 34.2 Å². The molecule has 19 heavy (non-hydrogen) atoms. The lowest BCUT2D eigenvalue weighted by molar-refractivity contribution is 0.318. The summed E-state index contributed by atoms with van der Waals surface area (Å²) in [6, 6.07) is 8.53. The van der Waals surface area contributed by atoms with Crippen LogP contribution in [-0.2, 0) is 0 Å². The van der Waals surface area contributed by atoms with Crippen molar-refractivity contribution < 1.29 is 0 Å². The molecule has 2 nitrogen and oxygen atoms in total. The van der Waals surface area contributed by atoms with E-state index in [0.717, 1.165) is 17.4 Å². The van der Waals surface area contributed by atoms with E-state index in [1.807, 2.05) is 11.8 Å². The quantitative estimate of drug-likeness (QED) is 0.812. The van der Waals surface area contributed by atoms with Crippen molar-refractivity contribution >= 4 is 34.4 Å². The second-order valence-corrected chi connectivity index (χ2v) is 6.81. The summed E-state index contributed by atoms with van der Waals surface area (Å²) >= 11 is 3.62. The van der Waals surface area contributed by atoms with Crippen molar-refractivity contribution in [3.05, 3.63) is 24.3 Å². The number of thioether (sulfide) groups is 2. The van der Waals surface area contributed by atoms with E-state index in [2.05, 4.69) is 49.7 Å². The highest BCUT2D eigenvalue weighted by Gasteiger charge is 2.30. The normalized spacial score (nSPS) is 17.9. The van der Waals surface area contributed by atoms with Gasteiger partial charge in [-0.25, -0.2) is 0 Å². The van der Waals surface area contributed by atoms with Crippen LogP contribution in [-0.4, -0.2) is 23.7 Å². The van der Waals surface area contributed by atoms with Crippen LogP contribution in [0.1, 0.15) is 26.7 Å². The summed E-state index contributed by atoms with van der Waals surface area (Å²) in [6.45, 7) is 5.51. The van der Waals surface area contributed by atoms with Crippen LogP contribution < -0.4 is 5.32 Å². The Morgan fingerprint density at radius 2 is 1.95 bits per heavy atom. The van der Waals surface area contributed by atoms with Crippen LogP contribution in [0.5, 0.6) is 0 Å². The molecule has 0 spiro atoms. The summed E-state index contributed by atoms with van der Waals surface area (Å²) in [7, 11) is 0. The Labute approximate surface area is 124 Å². The van der Waals surface area contributed by atoms with Crippen molar-refractivity contribution in [1.82, 2.24) is 0 Å². The van der Waals surface area contributed by atoms with E-state index in [4.69, 9.17) is 4.99 Å². The van der Waals surface area contributed by atoms with Gasteiger partial charge in [0.25, 0.3) is 0 Å². The number of benzene rings is 1. The third-order valence-corrected chi connectivity index (χ3v) is 5.92. The van der Waals surface area contributed by atoms with Crippen molar-refractivity contribution in [2.45, 2.75) is 31.6 Å². The molecule has 0 aromatic heterocycles. The molecule has 0 amide bonds. The van der Waals surface area contributed by atoms with Crippen molar-refractivity contribution in [2.24, 2.45) is 10.4 Å². The summed E-state index contributed by atoms with van der Waals surface area (Å²) in [4.78, 5) is 6.02. The molecule has 0 fully saturated rings. The number of hydrogen-bond donors (Lipinski definition) is 1. The van der Waals surface area contributed by atoms with E-state index in [-0.39, 0.29) is 0 Å². The van der Waals surface area contributed by atoms with Crippen molar-refractivity contribution in [2.75, 3.05) is 23.9 Å². The maximum atomic E-state index is 4.73. The van der Waals surface area contributed by atoms with Gasteiger partial charge in [0.05, 0.1) is 0 Å². The molecule has 1 aromatic rings. The van der Waals surface area contributed by atoms with Crippen molar-refractivity contribution in [3.8, 4) is 0 Å². The second kappa shape index (κ2) is 6.71. The topological polar surface area (TPSA) is 24.4 Å². The molecule has 0 unspecified atom stereocenters. The predicted molar refractivity (Wildman–Crippen MR) is 89.6 cm³/mol. The fourth-order valence-electron chi connectivity index (χ4n) is 2.10. The van der Waals surface area contributed by atoms with Crippen LogP contribution in [0.4, 0.5) is 5.69 Å². The lowest BCUT2D eigenvalue weighted by Gasteiger charge is -2.33. The molecule has 1 heterocycles. The third-order valence-electron chi connectivity index (χ3n) is 3.91. The monoisotopic (exact) mass is 294 g/mol. The van der Waals surface area contributed by atoms with E-state index < -0.39 is 0 Å². The molecular formula is C15H22N2S2. The first kappa shape index (κ1) is 14.8. The van der Waals surface area contributed by atoms with Gasteiger partial charge in [-0.1, -0.05) is 25.6 Å². The fourth-order valence-corrected chi connectivity index (χ4v) is 3.80. The SMILES string of the molecule is CCC1(CC)CN=C(Nc2ccc(SC)cc2)SC1. The van der Waals surface area contributed by atoms with Crippen LogP contribution in [0.25, 0.3) is 0 Å². The highest BCUT2D eigenvalue weighted by atomic mass is 32.2. The predicted octanol–water partition coefficient (Wildman–Crippen LogP) is 4.73. The van der Waals surface area contributed by atoms with Crippen LogP contribution >= 0.6 is 23.5 Å². The highest BCUT2D eigenvalue weighted by Crippen LogP contribution is 2.35. The van der Waals surface area contributed by atoms with E-state index in [1.165, 1.54) is 23.5 Å². The first-order chi connectivity index (χ1) is 9.21. The van der Waals surface area contributed by atoms with Gasteiger partial charge >= 0.3 is 0 Å². The van der Waals surface area contributed by atoms with Gasteiger partial charge < -0.3 is 5.32 Å². The van der Waals surface area contributed by atoms with Crippen LogP contribution in [0.3, 0.4) is 0 Å². The summed E-state index contributed by atoms with van der Waals surface area (Å²) in [6.07, 6.45) is 4.53. The summed E-state index contributed by atoms with van der Waals surface area (Å²) < 4.78 is 0. The highest BCUT2D eigenvalue weighted by molar-refractivity contribution is 8.14. The summed E-state index contributed by atoms with van der Waals surface area (Å²) in [5.74, 6) is 1.18. The minimum absolute atomic E-state index is 0.415. The number of anilines is 1. The maximum Gasteiger partial charge on any atom is 0.161 e. The molecule has 0 bridgehead atoms.